The first-order chi connectivity index (χ1) is 9.24. The minimum Gasteiger partial charge on any atom is -0.343 e. The number of hydrogen-bond donors (Lipinski definition) is 0. The highest BCUT2D eigenvalue weighted by Crippen LogP contribution is 2.31. The fourth-order valence-corrected chi connectivity index (χ4v) is 3.24. The Balaban J connectivity index is 1.72. The molecule has 1 amide bonds. The van der Waals surface area contributed by atoms with E-state index in [0.717, 1.165) is 38.4 Å². The van der Waals surface area contributed by atoms with Crippen molar-refractivity contribution in [2.75, 3.05) is 26.2 Å². The topological polar surface area (TPSA) is 23.6 Å². The summed E-state index contributed by atoms with van der Waals surface area (Å²) in [6, 6.07) is 0.897. The molecular formula is C16H30N2O. The summed E-state index contributed by atoms with van der Waals surface area (Å²) in [4.78, 5) is 17.0. The van der Waals surface area contributed by atoms with E-state index in [9.17, 15) is 4.79 Å². The molecule has 110 valence electrons. The molecule has 0 radical (unpaired) electrons. The Morgan fingerprint density at radius 1 is 1.05 bits per heavy atom. The van der Waals surface area contributed by atoms with Gasteiger partial charge in [-0.05, 0) is 57.5 Å². The van der Waals surface area contributed by atoms with Crippen molar-refractivity contribution in [3.8, 4) is 0 Å². The maximum atomic E-state index is 12.3. The van der Waals surface area contributed by atoms with Gasteiger partial charge in [-0.3, -0.25) is 4.79 Å². The van der Waals surface area contributed by atoms with E-state index in [1.807, 2.05) is 0 Å². The molecule has 0 aromatic rings. The lowest BCUT2D eigenvalue weighted by Gasteiger charge is -2.33. The van der Waals surface area contributed by atoms with E-state index in [4.69, 9.17) is 0 Å². The lowest BCUT2D eigenvalue weighted by molar-refractivity contribution is -0.132. The predicted octanol–water partition coefficient (Wildman–Crippen LogP) is 2.90. The molecule has 1 heterocycles. The van der Waals surface area contributed by atoms with E-state index in [-0.39, 0.29) is 0 Å². The summed E-state index contributed by atoms with van der Waals surface area (Å²) >= 11 is 0. The van der Waals surface area contributed by atoms with Gasteiger partial charge in [-0.25, -0.2) is 0 Å². The second kappa shape index (κ2) is 7.28. The van der Waals surface area contributed by atoms with Crippen LogP contribution < -0.4 is 0 Å². The monoisotopic (exact) mass is 266 g/mol. The molecule has 1 aliphatic heterocycles. The highest BCUT2D eigenvalue weighted by molar-refractivity contribution is 5.76. The van der Waals surface area contributed by atoms with Crippen molar-refractivity contribution < 1.29 is 4.79 Å². The molecule has 0 aromatic carbocycles. The summed E-state index contributed by atoms with van der Waals surface area (Å²) in [5.41, 5.74) is 0. The first-order valence-corrected chi connectivity index (χ1v) is 8.26. The number of hydrogen-bond acceptors (Lipinski definition) is 2. The van der Waals surface area contributed by atoms with Crippen molar-refractivity contribution in [3.05, 3.63) is 0 Å². The molecule has 19 heavy (non-hydrogen) atoms. The molecule has 2 fully saturated rings. The van der Waals surface area contributed by atoms with Gasteiger partial charge in [0.05, 0.1) is 0 Å². The average molecular weight is 266 g/mol. The second-order valence-electron chi connectivity index (χ2n) is 6.30. The largest absolute Gasteiger partial charge is 0.343 e. The summed E-state index contributed by atoms with van der Waals surface area (Å²) in [6.07, 6.45) is 8.22. The van der Waals surface area contributed by atoms with Crippen LogP contribution in [0, 0.1) is 5.92 Å². The first kappa shape index (κ1) is 14.8. The maximum absolute atomic E-state index is 12.3. The molecule has 0 unspecified atom stereocenters. The number of nitrogens with zero attached hydrogens (tertiary/aromatic N) is 2. The van der Waals surface area contributed by atoms with Gasteiger partial charge < -0.3 is 9.80 Å². The molecule has 0 atom stereocenters. The lowest BCUT2D eigenvalue weighted by Crippen LogP contribution is -2.38. The molecule has 2 rings (SSSR count). The number of likely N-dealkylation sites (tertiary alicyclic amines) is 1. The summed E-state index contributed by atoms with van der Waals surface area (Å²) in [5.74, 6) is 1.03. The third-order valence-corrected chi connectivity index (χ3v) is 4.52. The number of carbonyl (C=O) groups excluding carboxylic acids is 1. The fourth-order valence-electron chi connectivity index (χ4n) is 3.24. The minimum absolute atomic E-state index is 0.397. The molecule has 1 saturated heterocycles. The molecule has 0 spiro atoms. The minimum atomic E-state index is 0.397. The number of carbonyl (C=O) groups is 1. The first-order valence-electron chi connectivity index (χ1n) is 8.26. The van der Waals surface area contributed by atoms with E-state index in [1.165, 1.54) is 38.8 Å². The molecule has 2 aliphatic rings. The molecule has 1 saturated carbocycles. The summed E-state index contributed by atoms with van der Waals surface area (Å²) in [5, 5.41) is 0. The van der Waals surface area contributed by atoms with Crippen molar-refractivity contribution in [1.29, 1.82) is 0 Å². The van der Waals surface area contributed by atoms with Gasteiger partial charge in [0, 0.05) is 25.6 Å². The zero-order valence-corrected chi connectivity index (χ0v) is 12.7. The van der Waals surface area contributed by atoms with E-state index >= 15 is 0 Å². The van der Waals surface area contributed by atoms with E-state index in [0.29, 0.717) is 11.8 Å². The Labute approximate surface area is 118 Å². The van der Waals surface area contributed by atoms with Crippen LogP contribution in [-0.4, -0.2) is 47.9 Å². The van der Waals surface area contributed by atoms with E-state index < -0.39 is 0 Å². The standard InChI is InChI=1S/C16H30N2O/c1-3-9-18(10-4-2)16(19)13-14-7-11-17(12-8-14)15-5-6-15/h14-15H,3-13H2,1-2H3. The van der Waals surface area contributed by atoms with Gasteiger partial charge in [0.2, 0.25) is 5.91 Å². The number of amides is 1. The normalized spacial score (nSPS) is 21.6. The highest BCUT2D eigenvalue weighted by atomic mass is 16.2. The molecule has 0 aromatic heterocycles. The highest BCUT2D eigenvalue weighted by Gasteiger charge is 2.32. The Hall–Kier alpha value is -0.570. The summed E-state index contributed by atoms with van der Waals surface area (Å²) < 4.78 is 0. The van der Waals surface area contributed by atoms with Crippen LogP contribution in [0.2, 0.25) is 0 Å². The molecular weight excluding hydrogens is 236 g/mol. The zero-order chi connectivity index (χ0) is 13.7. The van der Waals surface area contributed by atoms with E-state index in [2.05, 4.69) is 23.6 Å². The van der Waals surface area contributed by atoms with Crippen LogP contribution in [0.1, 0.15) is 58.8 Å². The van der Waals surface area contributed by atoms with Crippen LogP contribution in [0.3, 0.4) is 0 Å². The van der Waals surface area contributed by atoms with Crippen LogP contribution in [0.4, 0.5) is 0 Å². The van der Waals surface area contributed by atoms with Crippen molar-refractivity contribution in [3.63, 3.8) is 0 Å². The van der Waals surface area contributed by atoms with Crippen LogP contribution in [0.25, 0.3) is 0 Å². The maximum Gasteiger partial charge on any atom is 0.222 e. The van der Waals surface area contributed by atoms with Crippen molar-refractivity contribution in [2.45, 2.75) is 64.8 Å². The Morgan fingerprint density at radius 3 is 2.11 bits per heavy atom. The molecule has 3 heteroatoms. The van der Waals surface area contributed by atoms with Gasteiger partial charge in [-0.1, -0.05) is 13.8 Å². The van der Waals surface area contributed by atoms with Gasteiger partial charge >= 0.3 is 0 Å². The van der Waals surface area contributed by atoms with Gasteiger partial charge in [0.1, 0.15) is 0 Å². The smallest absolute Gasteiger partial charge is 0.222 e. The molecule has 1 aliphatic carbocycles. The quantitative estimate of drug-likeness (QED) is 0.707. The van der Waals surface area contributed by atoms with Gasteiger partial charge in [0.15, 0.2) is 0 Å². The Kier molecular flexibility index (Phi) is 5.68. The third-order valence-electron chi connectivity index (χ3n) is 4.52. The lowest BCUT2D eigenvalue weighted by atomic mass is 9.93. The predicted molar refractivity (Wildman–Crippen MR) is 79.1 cm³/mol. The third kappa shape index (κ3) is 4.48. The number of rotatable bonds is 7. The molecule has 3 nitrogen and oxygen atoms in total. The number of piperidine rings is 1. The Bertz CT molecular complexity index is 274. The van der Waals surface area contributed by atoms with Gasteiger partial charge in [-0.2, -0.15) is 0 Å². The zero-order valence-electron chi connectivity index (χ0n) is 12.7. The SMILES string of the molecule is CCCN(CCC)C(=O)CC1CCN(C2CC2)CC1. The second-order valence-corrected chi connectivity index (χ2v) is 6.30. The van der Waals surface area contributed by atoms with Crippen molar-refractivity contribution >= 4 is 5.91 Å². The van der Waals surface area contributed by atoms with Crippen LogP contribution in [0.15, 0.2) is 0 Å². The van der Waals surface area contributed by atoms with Crippen molar-refractivity contribution in [1.82, 2.24) is 9.80 Å². The summed E-state index contributed by atoms with van der Waals surface area (Å²) in [6.45, 7) is 8.64. The van der Waals surface area contributed by atoms with Crippen LogP contribution >= 0.6 is 0 Å². The van der Waals surface area contributed by atoms with Crippen LogP contribution in [-0.2, 0) is 4.79 Å². The van der Waals surface area contributed by atoms with Gasteiger partial charge in [0.25, 0.3) is 0 Å². The average Bonchev–Trinajstić information content (AvgIpc) is 3.24. The summed E-state index contributed by atoms with van der Waals surface area (Å²) in [7, 11) is 0. The van der Waals surface area contributed by atoms with Crippen molar-refractivity contribution in [2.24, 2.45) is 5.92 Å². The van der Waals surface area contributed by atoms with Gasteiger partial charge in [-0.15, -0.1) is 0 Å². The van der Waals surface area contributed by atoms with E-state index in [1.54, 1.807) is 0 Å². The fraction of sp³-hybridized carbons (Fsp3) is 0.938. The van der Waals surface area contributed by atoms with Crippen LogP contribution in [0.5, 0.6) is 0 Å². The molecule has 0 bridgehead atoms. The Morgan fingerprint density at radius 2 is 1.63 bits per heavy atom. The molecule has 0 N–H and O–H groups in total.